The lowest BCUT2D eigenvalue weighted by molar-refractivity contribution is 0.122. The first-order chi connectivity index (χ1) is 13.1. The molecule has 0 aliphatic carbocycles. The third-order valence-corrected chi connectivity index (χ3v) is 4.73. The minimum absolute atomic E-state index is 0.332. The minimum atomic E-state index is -0.381. The van der Waals surface area contributed by atoms with Gasteiger partial charge in [-0.2, -0.15) is 4.98 Å². The molecular formula is C20H19ClN4O2. The van der Waals surface area contributed by atoms with Crippen LogP contribution in [0.3, 0.4) is 0 Å². The molecule has 1 aliphatic rings. The number of aromatic nitrogens is 3. The van der Waals surface area contributed by atoms with Crippen molar-refractivity contribution < 1.29 is 9.47 Å². The molecule has 3 aromatic rings. The number of rotatable bonds is 4. The van der Waals surface area contributed by atoms with Gasteiger partial charge in [-0.25, -0.2) is 4.98 Å². The number of anilines is 1. The van der Waals surface area contributed by atoms with Crippen LogP contribution in [0.1, 0.15) is 6.92 Å². The number of imidazole rings is 1. The van der Waals surface area contributed by atoms with Crippen LogP contribution in [0, 0.1) is 12.3 Å². The fourth-order valence-corrected chi connectivity index (χ4v) is 3.27. The van der Waals surface area contributed by atoms with Crippen molar-refractivity contribution in [1.29, 1.82) is 0 Å². The molecule has 0 saturated carbocycles. The molecule has 2 aromatic heterocycles. The summed E-state index contributed by atoms with van der Waals surface area (Å²) in [5.41, 5.74) is 4.01. The monoisotopic (exact) mass is 382 g/mol. The van der Waals surface area contributed by atoms with Crippen molar-refractivity contribution in [2.45, 2.75) is 13.0 Å². The summed E-state index contributed by atoms with van der Waals surface area (Å²) in [6, 6.07) is 10.3. The second-order valence-corrected chi connectivity index (χ2v) is 6.71. The lowest BCUT2D eigenvalue weighted by atomic mass is 10.1. The van der Waals surface area contributed by atoms with E-state index in [0.29, 0.717) is 27.9 Å². The first-order valence-corrected chi connectivity index (χ1v) is 9.14. The lowest BCUT2D eigenvalue weighted by Crippen LogP contribution is -2.36. The lowest BCUT2D eigenvalue weighted by Gasteiger charge is -2.28. The number of H-pyrrole nitrogens is 1. The normalized spacial score (nSPS) is 15.5. The Morgan fingerprint density at radius 2 is 2.00 bits per heavy atom. The molecule has 7 heteroatoms. The Kier molecular flexibility index (Phi) is 4.88. The van der Waals surface area contributed by atoms with E-state index in [0.717, 1.165) is 37.6 Å². The molecule has 138 valence electrons. The third kappa shape index (κ3) is 3.70. The number of nitrogens with zero attached hydrogens (tertiary/aromatic N) is 3. The van der Waals surface area contributed by atoms with Crippen LogP contribution in [-0.2, 0) is 4.74 Å². The molecule has 27 heavy (non-hydrogen) atoms. The number of pyridine rings is 1. The summed E-state index contributed by atoms with van der Waals surface area (Å²) in [5.74, 6) is 2.50. The number of ether oxygens (including phenoxy) is 2. The van der Waals surface area contributed by atoms with Gasteiger partial charge in [0.15, 0.2) is 11.8 Å². The van der Waals surface area contributed by atoms with Gasteiger partial charge in [-0.05, 0) is 25.1 Å². The maximum atomic E-state index is 6.46. The topological polar surface area (TPSA) is 63.3 Å². The maximum absolute atomic E-state index is 6.46. The number of nitrogens with one attached hydrogen (secondary N) is 1. The fourth-order valence-electron chi connectivity index (χ4n) is 3.01. The highest BCUT2D eigenvalue weighted by Crippen LogP contribution is 2.31. The zero-order chi connectivity index (χ0) is 18.8. The van der Waals surface area contributed by atoms with Gasteiger partial charge in [0.25, 0.3) is 6.01 Å². The van der Waals surface area contributed by atoms with Gasteiger partial charge in [-0.15, -0.1) is 6.42 Å². The maximum Gasteiger partial charge on any atom is 0.297 e. The minimum Gasteiger partial charge on any atom is -0.449 e. The van der Waals surface area contributed by atoms with Crippen molar-refractivity contribution in [3.05, 3.63) is 35.4 Å². The number of hydrogen-bond donors (Lipinski definition) is 1. The molecule has 1 atom stereocenters. The predicted octanol–water partition coefficient (Wildman–Crippen LogP) is 3.52. The Bertz CT molecular complexity index is 988. The Morgan fingerprint density at radius 3 is 2.70 bits per heavy atom. The van der Waals surface area contributed by atoms with Gasteiger partial charge in [0.1, 0.15) is 0 Å². The van der Waals surface area contributed by atoms with Crippen molar-refractivity contribution in [3.8, 4) is 29.6 Å². The van der Waals surface area contributed by atoms with Gasteiger partial charge < -0.3 is 19.4 Å². The summed E-state index contributed by atoms with van der Waals surface area (Å²) in [4.78, 5) is 14.3. The van der Waals surface area contributed by atoms with Crippen molar-refractivity contribution in [3.63, 3.8) is 0 Å². The summed E-state index contributed by atoms with van der Waals surface area (Å²) in [7, 11) is 0. The average Bonchev–Trinajstić information content (AvgIpc) is 3.09. The van der Waals surface area contributed by atoms with Crippen molar-refractivity contribution in [2.24, 2.45) is 0 Å². The van der Waals surface area contributed by atoms with Gasteiger partial charge in [-0.3, -0.25) is 0 Å². The average molecular weight is 383 g/mol. The highest BCUT2D eigenvalue weighted by molar-refractivity contribution is 6.33. The third-order valence-electron chi connectivity index (χ3n) is 4.45. The smallest absolute Gasteiger partial charge is 0.297 e. The second-order valence-electron chi connectivity index (χ2n) is 6.30. The molecule has 1 saturated heterocycles. The fraction of sp³-hybridized carbons (Fsp3) is 0.300. The first kappa shape index (κ1) is 17.7. The van der Waals surface area contributed by atoms with Crippen LogP contribution in [0.15, 0.2) is 30.3 Å². The molecule has 0 bridgehead atoms. The quantitative estimate of drug-likeness (QED) is 0.699. The zero-order valence-electron chi connectivity index (χ0n) is 14.9. The number of hydrogen-bond acceptors (Lipinski definition) is 5. The molecule has 1 fully saturated rings. The number of morpholine rings is 1. The molecule has 0 spiro atoms. The highest BCUT2D eigenvalue weighted by Gasteiger charge is 2.15. The van der Waals surface area contributed by atoms with Crippen LogP contribution < -0.4 is 9.64 Å². The molecule has 1 aliphatic heterocycles. The summed E-state index contributed by atoms with van der Waals surface area (Å²) in [6.45, 7) is 5.09. The number of halogens is 1. The highest BCUT2D eigenvalue weighted by atomic mass is 35.5. The SMILES string of the molecule is C#CC(C)Oc1nc2nc(-c3ccc(N4CCOCC4)cc3)c(Cl)cc2[nH]1. The van der Waals surface area contributed by atoms with Crippen LogP contribution in [0.5, 0.6) is 6.01 Å². The summed E-state index contributed by atoms with van der Waals surface area (Å²) in [6.07, 6.45) is 4.96. The number of benzene rings is 1. The molecule has 6 nitrogen and oxygen atoms in total. The van der Waals surface area contributed by atoms with Crippen LogP contribution in [0.2, 0.25) is 5.02 Å². The predicted molar refractivity (Wildman–Crippen MR) is 106 cm³/mol. The molecule has 0 radical (unpaired) electrons. The molecular weight excluding hydrogens is 364 g/mol. The van der Waals surface area contributed by atoms with Crippen molar-refractivity contribution in [2.75, 3.05) is 31.2 Å². The van der Waals surface area contributed by atoms with E-state index < -0.39 is 0 Å². The Labute approximate surface area is 162 Å². The summed E-state index contributed by atoms with van der Waals surface area (Å²) >= 11 is 6.46. The van der Waals surface area contributed by atoms with Gasteiger partial charge in [0.05, 0.1) is 29.4 Å². The van der Waals surface area contributed by atoms with E-state index in [2.05, 4.69) is 37.9 Å². The van der Waals surface area contributed by atoms with Gasteiger partial charge in [0.2, 0.25) is 0 Å². The van der Waals surface area contributed by atoms with E-state index in [9.17, 15) is 0 Å². The van der Waals surface area contributed by atoms with Crippen LogP contribution in [0.4, 0.5) is 5.69 Å². The van der Waals surface area contributed by atoms with Crippen LogP contribution in [0.25, 0.3) is 22.4 Å². The van der Waals surface area contributed by atoms with E-state index in [1.54, 1.807) is 13.0 Å². The number of terminal acetylenes is 1. The van der Waals surface area contributed by atoms with E-state index in [1.165, 1.54) is 0 Å². The molecule has 3 heterocycles. The molecule has 1 aromatic carbocycles. The summed E-state index contributed by atoms with van der Waals surface area (Å²) < 4.78 is 10.9. The first-order valence-electron chi connectivity index (χ1n) is 8.76. The molecule has 0 amide bonds. The standard InChI is InChI=1S/C20H19ClN4O2/c1-3-13(2)27-20-22-17-12-16(21)18(23-19(17)24-20)14-4-6-15(7-5-14)25-8-10-26-11-9-25/h1,4-7,12-13H,8-11H2,2H3,(H,22,23,24). The van der Waals surface area contributed by atoms with Crippen LogP contribution in [-0.4, -0.2) is 47.4 Å². The van der Waals surface area contributed by atoms with E-state index >= 15 is 0 Å². The molecule has 4 rings (SSSR count). The molecule has 1 unspecified atom stereocenters. The van der Waals surface area contributed by atoms with E-state index in [1.807, 2.05) is 12.1 Å². The Morgan fingerprint density at radius 1 is 1.26 bits per heavy atom. The largest absolute Gasteiger partial charge is 0.449 e. The number of fused-ring (bicyclic) bond motifs is 1. The van der Waals surface area contributed by atoms with E-state index in [-0.39, 0.29) is 6.10 Å². The van der Waals surface area contributed by atoms with Gasteiger partial charge in [-0.1, -0.05) is 29.7 Å². The zero-order valence-corrected chi connectivity index (χ0v) is 15.7. The number of aromatic amines is 1. The van der Waals surface area contributed by atoms with Gasteiger partial charge in [0, 0.05) is 24.3 Å². The summed E-state index contributed by atoms with van der Waals surface area (Å²) in [5, 5.41) is 0.543. The van der Waals surface area contributed by atoms with E-state index in [4.69, 9.17) is 27.5 Å². The van der Waals surface area contributed by atoms with Crippen molar-refractivity contribution >= 4 is 28.5 Å². The van der Waals surface area contributed by atoms with Crippen molar-refractivity contribution in [1.82, 2.24) is 15.0 Å². The van der Waals surface area contributed by atoms with Crippen LogP contribution >= 0.6 is 11.6 Å². The molecule has 1 N–H and O–H groups in total. The Hall–Kier alpha value is -2.75. The Balaban J connectivity index is 1.62. The van der Waals surface area contributed by atoms with Gasteiger partial charge >= 0.3 is 0 Å². The second kappa shape index (κ2) is 7.47.